The summed E-state index contributed by atoms with van der Waals surface area (Å²) in [6, 6.07) is 0. The lowest BCUT2D eigenvalue weighted by atomic mass is 10.0. The Hall–Kier alpha value is -1.94. The summed E-state index contributed by atoms with van der Waals surface area (Å²) in [5, 5.41) is 10.6. The number of phosphoric ester groups is 2. The van der Waals surface area contributed by atoms with E-state index in [2.05, 4.69) is 34.6 Å². The molecule has 5 atom stereocenters. The second-order valence-corrected chi connectivity index (χ2v) is 31.8. The standard InChI is InChI=1S/C79H154O17P2/c1-6-9-12-15-18-21-24-27-30-31-32-35-38-45-50-55-60-65-79(84)95-74(68-89-76(81)62-57-52-47-42-36-33-28-25-22-19-16-13-10-7-2)70-93-97(85,86)91-66-73(80)67-92-98(87,88)94-71-75(69-90-77(82)63-58-53-48-43-40-39-41-46-51-56-61-72(4)5)96-78(83)64-59-54-49-44-37-34-29-26-23-20-17-14-11-8-3/h72-75,80H,6-71H2,1-5H3,(H,85,86)(H,87,88)/t73-,74-,75-/m1/s1. The molecule has 0 aromatic rings. The molecular formula is C79H154O17P2. The number of hydrogen-bond donors (Lipinski definition) is 3. The van der Waals surface area contributed by atoms with E-state index in [4.69, 9.17) is 37.0 Å². The molecule has 0 aliphatic carbocycles. The Kier molecular flexibility index (Phi) is 70.6. The summed E-state index contributed by atoms with van der Waals surface area (Å²) in [6.45, 7) is 7.32. The first-order valence-corrected chi connectivity index (χ1v) is 44.1. The Morgan fingerprint density at radius 3 is 0.694 bits per heavy atom. The van der Waals surface area contributed by atoms with Crippen molar-refractivity contribution in [3.05, 3.63) is 0 Å². The molecule has 0 heterocycles. The van der Waals surface area contributed by atoms with Crippen LogP contribution in [0, 0.1) is 5.92 Å². The Bertz CT molecular complexity index is 1870. The van der Waals surface area contributed by atoms with E-state index in [1.54, 1.807) is 0 Å². The second kappa shape index (κ2) is 72.0. The van der Waals surface area contributed by atoms with Crippen LogP contribution in [0.2, 0.25) is 0 Å². The van der Waals surface area contributed by atoms with Gasteiger partial charge in [-0.05, 0) is 31.6 Å². The van der Waals surface area contributed by atoms with E-state index in [1.807, 2.05) is 0 Å². The average molecular weight is 1440 g/mol. The van der Waals surface area contributed by atoms with Gasteiger partial charge in [-0.3, -0.25) is 37.3 Å². The molecule has 0 amide bonds. The Balaban J connectivity index is 5.26. The topological polar surface area (TPSA) is 237 Å². The molecule has 3 N–H and O–H groups in total. The highest BCUT2D eigenvalue weighted by Crippen LogP contribution is 2.45. The van der Waals surface area contributed by atoms with Gasteiger partial charge in [-0.1, -0.05) is 369 Å². The molecule has 2 unspecified atom stereocenters. The number of phosphoric acid groups is 2. The van der Waals surface area contributed by atoms with Crippen molar-refractivity contribution >= 4 is 39.5 Å². The van der Waals surface area contributed by atoms with E-state index in [0.717, 1.165) is 95.8 Å². The summed E-state index contributed by atoms with van der Waals surface area (Å²) in [6.07, 6.45) is 62.2. The molecule has 0 bridgehead atoms. The fourth-order valence-corrected chi connectivity index (χ4v) is 13.8. The maximum atomic E-state index is 13.1. The van der Waals surface area contributed by atoms with Gasteiger partial charge in [-0.25, -0.2) is 9.13 Å². The number of aliphatic hydroxyl groups is 1. The number of esters is 4. The predicted molar refractivity (Wildman–Crippen MR) is 400 cm³/mol. The minimum atomic E-state index is -4.96. The van der Waals surface area contributed by atoms with Gasteiger partial charge in [0.15, 0.2) is 12.2 Å². The van der Waals surface area contributed by atoms with Gasteiger partial charge >= 0.3 is 39.5 Å². The number of unbranched alkanes of at least 4 members (excludes halogenated alkanes) is 51. The normalized spacial score (nSPS) is 13.9. The smallest absolute Gasteiger partial charge is 0.462 e. The van der Waals surface area contributed by atoms with Crippen molar-refractivity contribution in [3.8, 4) is 0 Å². The molecule has 0 spiro atoms. The molecule has 19 heteroatoms. The first-order chi connectivity index (χ1) is 47.5. The Morgan fingerprint density at radius 2 is 0.469 bits per heavy atom. The van der Waals surface area contributed by atoms with Gasteiger partial charge in [-0.15, -0.1) is 0 Å². The zero-order valence-corrected chi connectivity index (χ0v) is 65.7. The number of ether oxygens (including phenoxy) is 4. The first kappa shape index (κ1) is 96.1. The maximum absolute atomic E-state index is 13.1. The second-order valence-electron chi connectivity index (χ2n) is 28.9. The van der Waals surface area contributed by atoms with Gasteiger partial charge in [0.25, 0.3) is 0 Å². The molecule has 0 saturated heterocycles. The van der Waals surface area contributed by atoms with Crippen molar-refractivity contribution in [2.24, 2.45) is 5.92 Å². The molecule has 0 aliphatic rings. The predicted octanol–water partition coefficient (Wildman–Crippen LogP) is 23.6. The first-order valence-electron chi connectivity index (χ1n) is 41.1. The molecule has 0 rings (SSSR count). The van der Waals surface area contributed by atoms with Crippen LogP contribution >= 0.6 is 15.6 Å². The molecule has 0 aromatic heterocycles. The van der Waals surface area contributed by atoms with Gasteiger partial charge < -0.3 is 33.8 Å². The quantitative estimate of drug-likeness (QED) is 0.0222. The van der Waals surface area contributed by atoms with E-state index < -0.39 is 97.5 Å². The van der Waals surface area contributed by atoms with Crippen LogP contribution in [0.4, 0.5) is 0 Å². The molecular weight excluding hydrogens is 1280 g/mol. The van der Waals surface area contributed by atoms with Gasteiger partial charge in [-0.2, -0.15) is 0 Å². The zero-order valence-electron chi connectivity index (χ0n) is 63.9. The summed E-state index contributed by atoms with van der Waals surface area (Å²) in [4.78, 5) is 73.0. The van der Waals surface area contributed by atoms with Crippen LogP contribution in [-0.2, 0) is 65.4 Å². The molecule has 17 nitrogen and oxygen atoms in total. The van der Waals surface area contributed by atoms with Crippen molar-refractivity contribution in [1.29, 1.82) is 0 Å². The summed E-state index contributed by atoms with van der Waals surface area (Å²) in [5.74, 6) is -1.35. The fraction of sp³-hybridized carbons (Fsp3) is 0.949. The van der Waals surface area contributed by atoms with E-state index >= 15 is 0 Å². The van der Waals surface area contributed by atoms with Crippen molar-refractivity contribution in [3.63, 3.8) is 0 Å². The molecule has 0 aliphatic heterocycles. The van der Waals surface area contributed by atoms with Crippen molar-refractivity contribution in [1.82, 2.24) is 0 Å². The van der Waals surface area contributed by atoms with Crippen molar-refractivity contribution in [2.75, 3.05) is 39.6 Å². The Morgan fingerprint density at radius 1 is 0.276 bits per heavy atom. The monoisotopic (exact) mass is 1440 g/mol. The maximum Gasteiger partial charge on any atom is 0.472 e. The highest BCUT2D eigenvalue weighted by molar-refractivity contribution is 7.47. The lowest BCUT2D eigenvalue weighted by Crippen LogP contribution is -2.30. The van der Waals surface area contributed by atoms with Crippen LogP contribution in [0.15, 0.2) is 0 Å². The summed E-state index contributed by atoms with van der Waals surface area (Å²) in [5.41, 5.74) is 0. The van der Waals surface area contributed by atoms with Crippen LogP contribution in [0.1, 0.15) is 420 Å². The number of aliphatic hydroxyl groups excluding tert-OH is 1. The van der Waals surface area contributed by atoms with Gasteiger partial charge in [0.05, 0.1) is 26.4 Å². The molecule has 582 valence electrons. The van der Waals surface area contributed by atoms with E-state index in [9.17, 15) is 43.2 Å². The highest BCUT2D eigenvalue weighted by Gasteiger charge is 2.30. The van der Waals surface area contributed by atoms with Gasteiger partial charge in [0, 0.05) is 25.7 Å². The van der Waals surface area contributed by atoms with Crippen LogP contribution in [-0.4, -0.2) is 96.7 Å². The summed E-state index contributed by atoms with van der Waals surface area (Å²) >= 11 is 0. The van der Waals surface area contributed by atoms with E-state index in [0.29, 0.717) is 25.7 Å². The molecule has 0 saturated carbocycles. The van der Waals surface area contributed by atoms with Crippen LogP contribution < -0.4 is 0 Å². The number of hydrogen-bond acceptors (Lipinski definition) is 15. The fourth-order valence-electron chi connectivity index (χ4n) is 12.2. The molecule has 0 aromatic carbocycles. The van der Waals surface area contributed by atoms with E-state index in [-0.39, 0.29) is 25.7 Å². The average Bonchev–Trinajstić information content (AvgIpc) is 0.998. The van der Waals surface area contributed by atoms with Gasteiger partial charge in [0.1, 0.15) is 19.3 Å². The lowest BCUT2D eigenvalue weighted by Gasteiger charge is -2.21. The third-order valence-electron chi connectivity index (χ3n) is 18.5. The van der Waals surface area contributed by atoms with Gasteiger partial charge in [0.2, 0.25) is 0 Å². The minimum absolute atomic E-state index is 0.108. The van der Waals surface area contributed by atoms with Crippen LogP contribution in [0.3, 0.4) is 0 Å². The summed E-state index contributed by atoms with van der Waals surface area (Å²) in [7, 11) is -9.92. The highest BCUT2D eigenvalue weighted by atomic mass is 31.2. The Labute approximate surface area is 600 Å². The minimum Gasteiger partial charge on any atom is -0.462 e. The third-order valence-corrected chi connectivity index (χ3v) is 20.4. The molecule has 0 fully saturated rings. The molecule has 98 heavy (non-hydrogen) atoms. The van der Waals surface area contributed by atoms with Crippen molar-refractivity contribution in [2.45, 2.75) is 438 Å². The zero-order chi connectivity index (χ0) is 71.9. The number of carbonyl (C=O) groups excluding carboxylic acids is 4. The number of rotatable bonds is 79. The third kappa shape index (κ3) is 72.4. The van der Waals surface area contributed by atoms with Crippen molar-refractivity contribution < 1.29 is 80.2 Å². The number of carbonyl (C=O) groups is 4. The SMILES string of the molecule is CCCCCCCCCCCCCCCCCCCC(=O)O[C@H](COC(=O)CCCCCCCCCCCCCCCC)COP(=O)(O)OC[C@@H](O)COP(=O)(O)OC[C@@H](COC(=O)CCCCCCCCCCCCC(C)C)OC(=O)CCCCCCCCCCCCCCCC. The van der Waals surface area contributed by atoms with E-state index in [1.165, 1.54) is 244 Å². The van der Waals surface area contributed by atoms with Crippen LogP contribution in [0.5, 0.6) is 0 Å². The molecule has 0 radical (unpaired) electrons. The van der Waals surface area contributed by atoms with Crippen LogP contribution in [0.25, 0.3) is 0 Å². The lowest BCUT2D eigenvalue weighted by molar-refractivity contribution is -0.161. The summed E-state index contributed by atoms with van der Waals surface area (Å²) < 4.78 is 68.7. The largest absolute Gasteiger partial charge is 0.472 e.